The Balaban J connectivity index is 1.76. The molecule has 0 bridgehead atoms. The van der Waals surface area contributed by atoms with E-state index in [9.17, 15) is 13.6 Å². The zero-order valence-corrected chi connectivity index (χ0v) is 13.9. The molecule has 0 radical (unpaired) electrons. The molecule has 0 aliphatic carbocycles. The number of hydrogen-bond acceptors (Lipinski definition) is 2. The number of aryl methyl sites for hydroxylation is 1. The predicted octanol–water partition coefficient (Wildman–Crippen LogP) is 3.56. The van der Waals surface area contributed by atoms with Gasteiger partial charge in [-0.15, -0.1) is 0 Å². The fourth-order valence-corrected chi connectivity index (χ4v) is 2.74. The highest BCUT2D eigenvalue weighted by Gasteiger charge is 2.23. The quantitative estimate of drug-likeness (QED) is 0.800. The van der Waals surface area contributed by atoms with Crippen LogP contribution in [0, 0.1) is 17.6 Å². The monoisotopic (exact) mass is 325 g/mol. The zero-order chi connectivity index (χ0) is 16.8. The Morgan fingerprint density at radius 1 is 1.30 bits per heavy atom. The Morgan fingerprint density at radius 2 is 2.00 bits per heavy atom. The average Bonchev–Trinajstić information content (AvgIpc) is 2.54. The number of likely N-dealkylation sites (tertiary alicyclic amines) is 1. The van der Waals surface area contributed by atoms with Crippen LogP contribution >= 0.6 is 0 Å². The van der Waals surface area contributed by atoms with Gasteiger partial charge in [0.15, 0.2) is 0 Å². The van der Waals surface area contributed by atoms with Gasteiger partial charge in [0.25, 0.3) is 0 Å². The van der Waals surface area contributed by atoms with Crippen molar-refractivity contribution in [3.8, 4) is 0 Å². The first-order valence-electron chi connectivity index (χ1n) is 8.29. The van der Waals surface area contributed by atoms with Gasteiger partial charge in [-0.2, -0.15) is 0 Å². The third kappa shape index (κ3) is 5.57. The number of rotatable bonds is 6. The second-order valence-electron chi connectivity index (χ2n) is 6.54. The molecule has 0 unspecified atom stereocenters. The molecule has 0 N–H and O–H groups in total. The molecule has 128 valence electrons. The lowest BCUT2D eigenvalue weighted by Gasteiger charge is -2.32. The van der Waals surface area contributed by atoms with Gasteiger partial charge in [0.05, 0.1) is 6.10 Å². The summed E-state index contributed by atoms with van der Waals surface area (Å²) in [4.78, 5) is 14.0. The van der Waals surface area contributed by atoms with Crippen LogP contribution in [-0.2, 0) is 16.0 Å². The van der Waals surface area contributed by atoms with Crippen molar-refractivity contribution < 1.29 is 18.3 Å². The molecule has 23 heavy (non-hydrogen) atoms. The van der Waals surface area contributed by atoms with Crippen molar-refractivity contribution in [2.45, 2.75) is 45.6 Å². The zero-order valence-electron chi connectivity index (χ0n) is 13.9. The smallest absolute Gasteiger partial charge is 0.222 e. The van der Waals surface area contributed by atoms with Crippen molar-refractivity contribution in [2.75, 3.05) is 19.7 Å². The number of hydrogen-bond donors (Lipinski definition) is 0. The van der Waals surface area contributed by atoms with E-state index in [0.717, 1.165) is 37.6 Å². The van der Waals surface area contributed by atoms with E-state index in [1.54, 1.807) is 4.90 Å². The maximum Gasteiger partial charge on any atom is 0.222 e. The summed E-state index contributed by atoms with van der Waals surface area (Å²) in [6.07, 6.45) is 2.34. The highest BCUT2D eigenvalue weighted by Crippen LogP contribution is 2.17. The number of benzene rings is 1. The molecular weight excluding hydrogens is 300 g/mol. The molecule has 1 amide bonds. The Labute approximate surface area is 136 Å². The third-order valence-corrected chi connectivity index (χ3v) is 4.08. The molecule has 1 aliphatic rings. The van der Waals surface area contributed by atoms with Crippen LogP contribution in [0.5, 0.6) is 0 Å². The second kappa shape index (κ2) is 8.39. The molecule has 1 saturated heterocycles. The van der Waals surface area contributed by atoms with Crippen LogP contribution in [0.3, 0.4) is 0 Å². The number of ether oxygens (including phenoxy) is 1. The lowest BCUT2D eigenvalue weighted by Crippen LogP contribution is -2.41. The van der Waals surface area contributed by atoms with Gasteiger partial charge in [-0.25, -0.2) is 8.78 Å². The molecule has 2 rings (SSSR count). The van der Waals surface area contributed by atoms with Gasteiger partial charge in [-0.3, -0.25) is 4.79 Å². The minimum absolute atomic E-state index is 0.00373. The van der Waals surface area contributed by atoms with E-state index in [4.69, 9.17) is 4.74 Å². The molecule has 1 heterocycles. The van der Waals surface area contributed by atoms with Gasteiger partial charge in [0.1, 0.15) is 11.6 Å². The number of halogens is 2. The van der Waals surface area contributed by atoms with Gasteiger partial charge < -0.3 is 9.64 Å². The van der Waals surface area contributed by atoms with E-state index in [2.05, 4.69) is 13.8 Å². The minimum Gasteiger partial charge on any atom is -0.378 e. The van der Waals surface area contributed by atoms with Gasteiger partial charge in [-0.05, 0) is 48.9 Å². The standard InChI is InChI=1S/C18H25F2NO2/c1-13(2)12-23-16-7-9-21(10-8-16)18(22)6-3-14-11-15(19)4-5-17(14)20/h4-5,11,13,16H,3,6-10,12H2,1-2H3. The largest absolute Gasteiger partial charge is 0.378 e. The van der Waals surface area contributed by atoms with Crippen molar-refractivity contribution in [2.24, 2.45) is 5.92 Å². The average molecular weight is 325 g/mol. The molecule has 3 nitrogen and oxygen atoms in total. The summed E-state index contributed by atoms with van der Waals surface area (Å²) < 4.78 is 32.5. The summed E-state index contributed by atoms with van der Waals surface area (Å²) in [6, 6.07) is 3.35. The summed E-state index contributed by atoms with van der Waals surface area (Å²) in [7, 11) is 0. The van der Waals surface area contributed by atoms with Crippen molar-refractivity contribution in [1.82, 2.24) is 4.90 Å². The molecule has 0 saturated carbocycles. The SMILES string of the molecule is CC(C)COC1CCN(C(=O)CCc2cc(F)ccc2F)CC1. The van der Waals surface area contributed by atoms with Crippen molar-refractivity contribution in [1.29, 1.82) is 0 Å². The van der Waals surface area contributed by atoms with Gasteiger partial charge in [-0.1, -0.05) is 13.8 Å². The normalized spacial score (nSPS) is 16.1. The maximum absolute atomic E-state index is 13.6. The Morgan fingerprint density at radius 3 is 2.65 bits per heavy atom. The molecule has 0 aromatic heterocycles. The van der Waals surface area contributed by atoms with E-state index in [0.29, 0.717) is 19.0 Å². The van der Waals surface area contributed by atoms with Gasteiger partial charge in [0.2, 0.25) is 5.91 Å². The van der Waals surface area contributed by atoms with Crippen molar-refractivity contribution in [3.63, 3.8) is 0 Å². The molecule has 5 heteroatoms. The molecule has 1 aromatic rings. The molecular formula is C18H25F2NO2. The molecule has 1 aliphatic heterocycles. The van der Waals surface area contributed by atoms with Gasteiger partial charge >= 0.3 is 0 Å². The summed E-state index contributed by atoms with van der Waals surface area (Å²) in [5.41, 5.74) is 0.258. The molecule has 0 spiro atoms. The fraction of sp³-hybridized carbons (Fsp3) is 0.611. The lowest BCUT2D eigenvalue weighted by atomic mass is 10.0. The summed E-state index contributed by atoms with van der Waals surface area (Å²) in [5, 5.41) is 0. The summed E-state index contributed by atoms with van der Waals surface area (Å²) >= 11 is 0. The Kier molecular flexibility index (Phi) is 6.51. The maximum atomic E-state index is 13.6. The first-order chi connectivity index (χ1) is 11.0. The number of nitrogens with zero attached hydrogens (tertiary/aromatic N) is 1. The highest BCUT2D eigenvalue weighted by atomic mass is 19.1. The van der Waals surface area contributed by atoms with E-state index < -0.39 is 11.6 Å². The second-order valence-corrected chi connectivity index (χ2v) is 6.54. The third-order valence-electron chi connectivity index (χ3n) is 4.08. The lowest BCUT2D eigenvalue weighted by molar-refractivity contribution is -0.133. The van der Waals surface area contributed by atoms with Crippen molar-refractivity contribution >= 4 is 5.91 Å². The van der Waals surface area contributed by atoms with Crippen LogP contribution in [0.25, 0.3) is 0 Å². The number of carbonyl (C=O) groups is 1. The van der Waals surface area contributed by atoms with Crippen LogP contribution in [0.1, 0.15) is 38.7 Å². The molecule has 1 aromatic carbocycles. The topological polar surface area (TPSA) is 29.5 Å². The molecule has 1 fully saturated rings. The summed E-state index contributed by atoms with van der Waals surface area (Å²) in [6.45, 7) is 6.33. The van der Waals surface area contributed by atoms with E-state index in [1.807, 2.05) is 0 Å². The van der Waals surface area contributed by atoms with Crippen molar-refractivity contribution in [3.05, 3.63) is 35.4 Å². The van der Waals surface area contributed by atoms with Gasteiger partial charge in [0, 0.05) is 26.1 Å². The summed E-state index contributed by atoms with van der Waals surface area (Å²) in [5.74, 6) is -0.427. The predicted molar refractivity (Wildman–Crippen MR) is 85.1 cm³/mol. The van der Waals surface area contributed by atoms with E-state index in [-0.39, 0.29) is 30.4 Å². The number of amides is 1. The van der Waals surface area contributed by atoms with Crippen LogP contribution in [0.4, 0.5) is 8.78 Å². The minimum atomic E-state index is -0.475. The van der Waals surface area contributed by atoms with Crippen LogP contribution in [0.2, 0.25) is 0 Å². The van der Waals surface area contributed by atoms with Crippen LogP contribution < -0.4 is 0 Å². The number of piperidine rings is 1. The molecule has 0 atom stereocenters. The first kappa shape index (κ1) is 17.9. The van der Waals surface area contributed by atoms with E-state index in [1.165, 1.54) is 0 Å². The Hall–Kier alpha value is -1.49. The van der Waals surface area contributed by atoms with Crippen LogP contribution in [0.15, 0.2) is 18.2 Å². The van der Waals surface area contributed by atoms with Crippen LogP contribution in [-0.4, -0.2) is 36.6 Å². The fourth-order valence-electron chi connectivity index (χ4n) is 2.74. The number of carbonyl (C=O) groups excluding carboxylic acids is 1. The first-order valence-corrected chi connectivity index (χ1v) is 8.29. The Bertz CT molecular complexity index is 526. The highest BCUT2D eigenvalue weighted by molar-refractivity contribution is 5.76. The van der Waals surface area contributed by atoms with E-state index >= 15 is 0 Å².